The summed E-state index contributed by atoms with van der Waals surface area (Å²) in [6, 6.07) is 5.02. The molecule has 2 aliphatic rings. The van der Waals surface area contributed by atoms with Gasteiger partial charge in [-0.15, -0.1) is 0 Å². The van der Waals surface area contributed by atoms with E-state index in [2.05, 4.69) is 5.32 Å². The number of fused-ring (bicyclic) bond motifs is 1. The Morgan fingerprint density at radius 3 is 2.61 bits per heavy atom. The van der Waals surface area contributed by atoms with Crippen LogP contribution in [0.3, 0.4) is 0 Å². The first kappa shape index (κ1) is 22.8. The van der Waals surface area contributed by atoms with Crippen molar-refractivity contribution in [2.45, 2.75) is 76.5 Å². The first-order valence-corrected chi connectivity index (χ1v) is 10.2. The second-order valence-electron chi connectivity index (χ2n) is 9.54. The summed E-state index contributed by atoms with van der Waals surface area (Å²) in [6.07, 6.45) is -2.61. The molecule has 2 aliphatic heterocycles. The molecule has 9 nitrogen and oxygen atoms in total. The molecule has 0 bridgehead atoms. The number of β-amino-alcohol motifs (C(OH)–C–C–N with tert-alkyl or cyclic N) is 1. The number of likely N-dealkylation sites (tertiary alicyclic amines) is 1. The number of ether oxygens (including phenoxy) is 2. The smallest absolute Gasteiger partial charge is 0.411 e. The molecule has 2 unspecified atom stereocenters. The molecule has 0 saturated carbocycles. The van der Waals surface area contributed by atoms with E-state index in [9.17, 15) is 25.1 Å². The molecule has 2 amide bonds. The van der Waals surface area contributed by atoms with E-state index in [-0.39, 0.29) is 13.0 Å². The van der Waals surface area contributed by atoms with Gasteiger partial charge in [0, 0.05) is 12.0 Å². The number of nitriles is 1. The number of rotatable bonds is 2. The summed E-state index contributed by atoms with van der Waals surface area (Å²) in [5, 5.41) is 33.0. The van der Waals surface area contributed by atoms with E-state index in [1.165, 1.54) is 4.90 Å². The predicted molar refractivity (Wildman–Crippen MR) is 110 cm³/mol. The highest BCUT2D eigenvalue weighted by Crippen LogP contribution is 2.40. The minimum absolute atomic E-state index is 0.0238. The van der Waals surface area contributed by atoms with Crippen LogP contribution in [-0.2, 0) is 9.53 Å². The molecule has 4 atom stereocenters. The number of carbonyl (C=O) groups excluding carboxylic acids is 2. The van der Waals surface area contributed by atoms with Crippen LogP contribution in [0.1, 0.15) is 58.2 Å². The van der Waals surface area contributed by atoms with Gasteiger partial charge in [-0.25, -0.2) is 4.79 Å². The number of aliphatic hydroxyl groups excluding tert-OH is 2. The van der Waals surface area contributed by atoms with Crippen LogP contribution < -0.4 is 10.1 Å². The standard InChI is InChI=1S/C22H29N3O6/c1-21(2,3)31-20(29)25-11-13(26)9-15(25)19(28)24-17-14-8-12(10-23)6-7-16(14)30-22(4,5)18(17)27/h6-8,13,15,17-18,26-27H,9,11H2,1-5H3,(H,24,28)/t13-,15+,17?,18?/m1/s1. The molecule has 9 heteroatoms. The summed E-state index contributed by atoms with van der Waals surface area (Å²) < 4.78 is 11.2. The van der Waals surface area contributed by atoms with E-state index < -0.39 is 47.5 Å². The molecular formula is C22H29N3O6. The van der Waals surface area contributed by atoms with Crippen molar-refractivity contribution in [3.05, 3.63) is 29.3 Å². The lowest BCUT2D eigenvalue weighted by atomic mass is 9.85. The highest BCUT2D eigenvalue weighted by molar-refractivity contribution is 5.87. The van der Waals surface area contributed by atoms with Gasteiger partial charge >= 0.3 is 6.09 Å². The van der Waals surface area contributed by atoms with Crippen LogP contribution in [0, 0.1) is 11.3 Å². The molecule has 0 aliphatic carbocycles. The number of hydrogen-bond donors (Lipinski definition) is 3. The van der Waals surface area contributed by atoms with Gasteiger partial charge in [0.1, 0.15) is 29.1 Å². The highest BCUT2D eigenvalue weighted by Gasteiger charge is 2.46. The maximum Gasteiger partial charge on any atom is 0.411 e. The Morgan fingerprint density at radius 1 is 1.32 bits per heavy atom. The van der Waals surface area contributed by atoms with Crippen molar-refractivity contribution in [2.75, 3.05) is 6.54 Å². The zero-order valence-electron chi connectivity index (χ0n) is 18.4. The molecular weight excluding hydrogens is 402 g/mol. The Hall–Kier alpha value is -2.83. The van der Waals surface area contributed by atoms with Crippen LogP contribution in [0.15, 0.2) is 18.2 Å². The van der Waals surface area contributed by atoms with Gasteiger partial charge in [0.2, 0.25) is 5.91 Å². The van der Waals surface area contributed by atoms with Crippen LogP contribution in [0.25, 0.3) is 0 Å². The largest absolute Gasteiger partial charge is 0.485 e. The average Bonchev–Trinajstić information content (AvgIpc) is 3.05. The van der Waals surface area contributed by atoms with Crippen LogP contribution in [0.5, 0.6) is 5.75 Å². The molecule has 1 aromatic rings. The van der Waals surface area contributed by atoms with Gasteiger partial charge in [0.15, 0.2) is 0 Å². The third-order valence-corrected chi connectivity index (χ3v) is 5.38. The summed E-state index contributed by atoms with van der Waals surface area (Å²) in [5.41, 5.74) is -0.917. The Bertz CT molecular complexity index is 917. The van der Waals surface area contributed by atoms with Gasteiger partial charge in [-0.2, -0.15) is 5.26 Å². The van der Waals surface area contributed by atoms with Crippen molar-refractivity contribution in [1.29, 1.82) is 5.26 Å². The quantitative estimate of drug-likeness (QED) is 0.648. The fraction of sp³-hybridized carbons (Fsp3) is 0.591. The number of carbonyl (C=O) groups is 2. The van der Waals surface area contributed by atoms with Gasteiger partial charge in [0.05, 0.1) is 30.3 Å². The van der Waals surface area contributed by atoms with Crippen molar-refractivity contribution >= 4 is 12.0 Å². The minimum Gasteiger partial charge on any atom is -0.485 e. The van der Waals surface area contributed by atoms with Crippen molar-refractivity contribution < 1.29 is 29.3 Å². The summed E-state index contributed by atoms with van der Waals surface area (Å²) in [5.74, 6) is -0.0764. The van der Waals surface area contributed by atoms with Gasteiger partial charge in [-0.1, -0.05) is 0 Å². The van der Waals surface area contributed by atoms with Crippen LogP contribution in [-0.4, -0.2) is 63.1 Å². The SMILES string of the molecule is CC(C)(C)OC(=O)N1C[C@H](O)C[C@H]1C(=O)NC1c2cc(C#N)ccc2OC(C)(C)C1O. The van der Waals surface area contributed by atoms with Crippen LogP contribution >= 0.6 is 0 Å². The fourth-order valence-corrected chi connectivity index (χ4v) is 3.86. The zero-order chi connectivity index (χ0) is 23.1. The molecule has 1 saturated heterocycles. The van der Waals surface area contributed by atoms with Crippen molar-refractivity contribution in [3.8, 4) is 11.8 Å². The lowest BCUT2D eigenvalue weighted by Gasteiger charge is -2.42. The second-order valence-corrected chi connectivity index (χ2v) is 9.54. The molecule has 168 valence electrons. The minimum atomic E-state index is -1.11. The number of nitrogens with zero attached hydrogens (tertiary/aromatic N) is 2. The lowest BCUT2D eigenvalue weighted by Crippen LogP contribution is -2.56. The first-order valence-electron chi connectivity index (χ1n) is 10.2. The van der Waals surface area contributed by atoms with Gasteiger partial charge in [-0.05, 0) is 52.8 Å². The number of hydrogen-bond acceptors (Lipinski definition) is 7. The molecule has 31 heavy (non-hydrogen) atoms. The molecule has 3 rings (SSSR count). The lowest BCUT2D eigenvalue weighted by molar-refractivity contribution is -0.130. The Balaban J connectivity index is 1.87. The summed E-state index contributed by atoms with van der Waals surface area (Å²) in [6.45, 7) is 8.53. The Morgan fingerprint density at radius 2 is 2.00 bits per heavy atom. The van der Waals surface area contributed by atoms with Gasteiger partial charge in [0.25, 0.3) is 0 Å². The zero-order valence-corrected chi connectivity index (χ0v) is 18.4. The molecule has 2 heterocycles. The van der Waals surface area contributed by atoms with Crippen molar-refractivity contribution in [3.63, 3.8) is 0 Å². The van der Waals surface area contributed by atoms with Gasteiger partial charge in [-0.3, -0.25) is 9.69 Å². The maximum absolute atomic E-state index is 13.2. The van der Waals surface area contributed by atoms with E-state index >= 15 is 0 Å². The second kappa shape index (κ2) is 8.02. The van der Waals surface area contributed by atoms with Gasteiger partial charge < -0.3 is 25.0 Å². The first-order chi connectivity index (χ1) is 14.3. The molecule has 0 radical (unpaired) electrons. The van der Waals surface area contributed by atoms with E-state index in [0.717, 1.165) is 0 Å². The average molecular weight is 431 g/mol. The number of benzene rings is 1. The van der Waals surface area contributed by atoms with Crippen LogP contribution in [0.4, 0.5) is 4.79 Å². The maximum atomic E-state index is 13.2. The third-order valence-electron chi connectivity index (χ3n) is 5.38. The number of nitrogens with one attached hydrogen (secondary N) is 1. The monoisotopic (exact) mass is 431 g/mol. The van der Waals surface area contributed by atoms with E-state index in [1.54, 1.807) is 52.8 Å². The number of aliphatic hydroxyl groups is 2. The molecule has 1 fully saturated rings. The third kappa shape index (κ3) is 4.75. The normalized spacial score (nSPS) is 27.0. The van der Waals surface area contributed by atoms with E-state index in [4.69, 9.17) is 9.47 Å². The van der Waals surface area contributed by atoms with Crippen molar-refractivity contribution in [2.24, 2.45) is 0 Å². The molecule has 0 spiro atoms. The van der Waals surface area contributed by atoms with Crippen LogP contribution in [0.2, 0.25) is 0 Å². The van der Waals surface area contributed by atoms with E-state index in [1.807, 2.05) is 6.07 Å². The molecule has 0 aromatic heterocycles. The molecule has 1 aromatic carbocycles. The number of amides is 2. The molecule has 3 N–H and O–H groups in total. The topological polar surface area (TPSA) is 132 Å². The highest BCUT2D eigenvalue weighted by atomic mass is 16.6. The van der Waals surface area contributed by atoms with E-state index in [0.29, 0.717) is 16.9 Å². The van der Waals surface area contributed by atoms with Crippen molar-refractivity contribution in [1.82, 2.24) is 10.2 Å². The summed E-state index contributed by atoms with van der Waals surface area (Å²) in [4.78, 5) is 26.9. The fourth-order valence-electron chi connectivity index (χ4n) is 3.86. The predicted octanol–water partition coefficient (Wildman–Crippen LogP) is 1.62. The Labute approximate surface area is 181 Å². The summed E-state index contributed by atoms with van der Waals surface area (Å²) >= 11 is 0. The Kier molecular flexibility index (Phi) is 5.91. The summed E-state index contributed by atoms with van der Waals surface area (Å²) in [7, 11) is 0.